The van der Waals surface area contributed by atoms with Crippen molar-refractivity contribution in [2.45, 2.75) is 26.4 Å². The van der Waals surface area contributed by atoms with Crippen molar-refractivity contribution in [3.05, 3.63) is 42.4 Å². The zero-order chi connectivity index (χ0) is 17.2. The van der Waals surface area contributed by atoms with Gasteiger partial charge in [-0.15, -0.1) is 10.2 Å². The molecule has 126 valence electrons. The molecule has 25 heavy (non-hydrogen) atoms. The molecule has 4 rings (SSSR count). The summed E-state index contributed by atoms with van der Waals surface area (Å²) in [7, 11) is 0. The van der Waals surface area contributed by atoms with Gasteiger partial charge in [0.15, 0.2) is 5.82 Å². The molecule has 10 nitrogen and oxygen atoms in total. The molecule has 0 spiro atoms. The normalized spacial score (nSPS) is 12.4. The van der Waals surface area contributed by atoms with E-state index in [1.54, 1.807) is 21.6 Å². The van der Waals surface area contributed by atoms with Gasteiger partial charge in [0, 0.05) is 18.3 Å². The molecule has 0 unspecified atom stereocenters. The molecule has 4 aromatic rings. The van der Waals surface area contributed by atoms with Gasteiger partial charge >= 0.3 is 0 Å². The predicted molar refractivity (Wildman–Crippen MR) is 90.1 cm³/mol. The second kappa shape index (κ2) is 6.23. The lowest BCUT2D eigenvalue weighted by Crippen LogP contribution is -2.24. The Morgan fingerprint density at radius 3 is 2.84 bits per heavy atom. The number of nitrogens with zero attached hydrogens (tertiary/aromatic N) is 9. The SMILES string of the molecule is Cc1nnnn1C[C@@H](C)Nc1nccc(-n2nnc3ccccc32)n1. The summed E-state index contributed by atoms with van der Waals surface area (Å²) in [4.78, 5) is 8.81. The third-order valence-electron chi connectivity index (χ3n) is 3.74. The zero-order valence-electron chi connectivity index (χ0n) is 13.8. The van der Waals surface area contributed by atoms with Crippen LogP contribution in [0.5, 0.6) is 0 Å². The molecule has 0 saturated heterocycles. The van der Waals surface area contributed by atoms with E-state index in [9.17, 15) is 0 Å². The number of anilines is 1. The predicted octanol–water partition coefficient (Wildman–Crippen LogP) is 1.01. The molecule has 1 N–H and O–H groups in total. The summed E-state index contributed by atoms with van der Waals surface area (Å²) in [5, 5.41) is 23.0. The number of para-hydroxylation sites is 1. The van der Waals surface area contributed by atoms with Crippen molar-refractivity contribution in [1.29, 1.82) is 0 Å². The van der Waals surface area contributed by atoms with Crippen molar-refractivity contribution in [1.82, 2.24) is 45.2 Å². The van der Waals surface area contributed by atoms with Crippen LogP contribution in [0.4, 0.5) is 5.95 Å². The third kappa shape index (κ3) is 3.01. The average Bonchev–Trinajstić information content (AvgIpc) is 3.22. The quantitative estimate of drug-likeness (QED) is 0.574. The lowest BCUT2D eigenvalue weighted by Gasteiger charge is -2.14. The summed E-state index contributed by atoms with van der Waals surface area (Å²) in [6.45, 7) is 4.49. The Bertz CT molecular complexity index is 1000. The second-order valence-corrected chi connectivity index (χ2v) is 5.68. The maximum absolute atomic E-state index is 4.53. The molecule has 10 heteroatoms. The summed E-state index contributed by atoms with van der Waals surface area (Å²) in [6, 6.07) is 9.58. The zero-order valence-corrected chi connectivity index (χ0v) is 13.8. The van der Waals surface area contributed by atoms with Gasteiger partial charge in [0.1, 0.15) is 11.3 Å². The number of tetrazole rings is 1. The molecule has 0 aliphatic heterocycles. The van der Waals surface area contributed by atoms with Gasteiger partial charge in [-0.1, -0.05) is 17.3 Å². The van der Waals surface area contributed by atoms with Crippen LogP contribution in [0.15, 0.2) is 36.5 Å². The highest BCUT2D eigenvalue weighted by molar-refractivity contribution is 5.75. The standard InChI is InChI=1S/C15H16N10/c1-10(9-24-11(2)19-21-23-24)17-15-16-8-7-14(18-15)25-13-6-4-3-5-12(13)20-22-25/h3-8,10H,9H2,1-2H3,(H,16,17,18)/t10-/m1/s1. The molecular weight excluding hydrogens is 320 g/mol. The van der Waals surface area contributed by atoms with E-state index in [-0.39, 0.29) is 6.04 Å². The molecule has 0 amide bonds. The van der Waals surface area contributed by atoms with E-state index in [4.69, 9.17) is 0 Å². The minimum Gasteiger partial charge on any atom is -0.350 e. The van der Waals surface area contributed by atoms with Crippen LogP contribution in [-0.4, -0.2) is 51.2 Å². The summed E-state index contributed by atoms with van der Waals surface area (Å²) < 4.78 is 3.42. The number of fused-ring (bicyclic) bond motifs is 1. The maximum atomic E-state index is 4.53. The molecular formula is C15H16N10. The van der Waals surface area contributed by atoms with Crippen LogP contribution < -0.4 is 5.32 Å². The van der Waals surface area contributed by atoms with Crippen LogP contribution in [0.2, 0.25) is 0 Å². The highest BCUT2D eigenvalue weighted by Gasteiger charge is 2.11. The van der Waals surface area contributed by atoms with Crippen LogP contribution in [0.3, 0.4) is 0 Å². The van der Waals surface area contributed by atoms with Crippen molar-refractivity contribution < 1.29 is 0 Å². The number of aryl methyl sites for hydroxylation is 1. The van der Waals surface area contributed by atoms with Gasteiger partial charge in [-0.25, -0.2) is 9.67 Å². The van der Waals surface area contributed by atoms with Gasteiger partial charge in [0.2, 0.25) is 5.95 Å². The first-order valence-electron chi connectivity index (χ1n) is 7.84. The van der Waals surface area contributed by atoms with Crippen molar-refractivity contribution in [3.63, 3.8) is 0 Å². The number of benzene rings is 1. The summed E-state index contributed by atoms with van der Waals surface area (Å²) >= 11 is 0. The fourth-order valence-electron chi connectivity index (χ4n) is 2.52. The molecule has 0 fully saturated rings. The fraction of sp³-hybridized carbons (Fsp3) is 0.267. The Hall–Kier alpha value is -3.43. The monoisotopic (exact) mass is 336 g/mol. The molecule has 0 radical (unpaired) electrons. The van der Waals surface area contributed by atoms with E-state index in [0.717, 1.165) is 16.9 Å². The number of aromatic nitrogens is 9. The smallest absolute Gasteiger partial charge is 0.224 e. The van der Waals surface area contributed by atoms with Gasteiger partial charge < -0.3 is 5.32 Å². The van der Waals surface area contributed by atoms with Gasteiger partial charge in [-0.2, -0.15) is 9.67 Å². The Morgan fingerprint density at radius 2 is 2.00 bits per heavy atom. The molecule has 0 aliphatic rings. The largest absolute Gasteiger partial charge is 0.350 e. The molecule has 0 bridgehead atoms. The van der Waals surface area contributed by atoms with E-state index in [1.807, 2.05) is 38.1 Å². The van der Waals surface area contributed by atoms with Crippen LogP contribution in [0.25, 0.3) is 16.9 Å². The number of nitrogens with one attached hydrogen (secondary N) is 1. The highest BCUT2D eigenvalue weighted by Crippen LogP contribution is 2.15. The second-order valence-electron chi connectivity index (χ2n) is 5.68. The molecule has 0 saturated carbocycles. The summed E-state index contributed by atoms with van der Waals surface area (Å²) in [5.74, 6) is 1.92. The topological polar surface area (TPSA) is 112 Å². The van der Waals surface area contributed by atoms with E-state index >= 15 is 0 Å². The van der Waals surface area contributed by atoms with Crippen molar-refractivity contribution in [2.75, 3.05) is 5.32 Å². The molecule has 0 aliphatic carbocycles. The highest BCUT2D eigenvalue weighted by atomic mass is 15.5. The van der Waals surface area contributed by atoms with Gasteiger partial charge in [0.25, 0.3) is 0 Å². The Balaban J connectivity index is 1.56. The number of hydrogen-bond donors (Lipinski definition) is 1. The van der Waals surface area contributed by atoms with E-state index in [1.165, 1.54) is 0 Å². The summed E-state index contributed by atoms with van der Waals surface area (Å²) in [6.07, 6.45) is 1.69. The van der Waals surface area contributed by atoms with Crippen molar-refractivity contribution in [3.8, 4) is 5.82 Å². The average molecular weight is 336 g/mol. The number of rotatable bonds is 5. The fourth-order valence-corrected chi connectivity index (χ4v) is 2.52. The Kier molecular flexibility index (Phi) is 3.77. The summed E-state index contributed by atoms with van der Waals surface area (Å²) in [5.41, 5.74) is 1.71. The van der Waals surface area contributed by atoms with E-state index in [0.29, 0.717) is 18.3 Å². The van der Waals surface area contributed by atoms with Crippen LogP contribution in [0.1, 0.15) is 12.7 Å². The lowest BCUT2D eigenvalue weighted by atomic mass is 10.3. The minimum absolute atomic E-state index is 0.0462. The van der Waals surface area contributed by atoms with Crippen molar-refractivity contribution >= 4 is 17.0 Å². The Labute approximate surface area is 142 Å². The lowest BCUT2D eigenvalue weighted by molar-refractivity contribution is 0.530. The maximum Gasteiger partial charge on any atom is 0.224 e. The van der Waals surface area contributed by atoms with E-state index < -0.39 is 0 Å². The van der Waals surface area contributed by atoms with Crippen LogP contribution in [0, 0.1) is 6.92 Å². The van der Waals surface area contributed by atoms with Gasteiger partial charge in [-0.3, -0.25) is 0 Å². The van der Waals surface area contributed by atoms with Gasteiger partial charge in [0.05, 0.1) is 12.1 Å². The number of hydrogen-bond acceptors (Lipinski definition) is 8. The molecule has 3 heterocycles. The third-order valence-corrected chi connectivity index (χ3v) is 3.74. The van der Waals surface area contributed by atoms with Crippen molar-refractivity contribution in [2.24, 2.45) is 0 Å². The van der Waals surface area contributed by atoms with Crippen LogP contribution in [-0.2, 0) is 6.54 Å². The van der Waals surface area contributed by atoms with Gasteiger partial charge in [-0.05, 0) is 36.4 Å². The van der Waals surface area contributed by atoms with E-state index in [2.05, 4.69) is 41.1 Å². The molecule has 3 aromatic heterocycles. The first kappa shape index (κ1) is 15.1. The van der Waals surface area contributed by atoms with Crippen LogP contribution >= 0.6 is 0 Å². The molecule has 1 aromatic carbocycles. The first-order chi connectivity index (χ1) is 12.2. The Morgan fingerprint density at radius 1 is 1.12 bits per heavy atom. The first-order valence-corrected chi connectivity index (χ1v) is 7.84. The molecule has 1 atom stereocenters. The minimum atomic E-state index is 0.0462.